The molecule has 0 aliphatic carbocycles. The van der Waals surface area contributed by atoms with Gasteiger partial charge in [-0.2, -0.15) is 0 Å². The van der Waals surface area contributed by atoms with Gasteiger partial charge in [-0.25, -0.2) is 4.79 Å². The average Bonchev–Trinajstić information content (AvgIpc) is 2.89. The van der Waals surface area contributed by atoms with Gasteiger partial charge in [0.2, 0.25) is 0 Å². The number of imide groups is 1. The Morgan fingerprint density at radius 1 is 1.27 bits per heavy atom. The zero-order valence-corrected chi connectivity index (χ0v) is 16.3. The molecule has 1 fully saturated rings. The van der Waals surface area contributed by atoms with E-state index >= 15 is 0 Å². The lowest BCUT2D eigenvalue weighted by Gasteiger charge is -2.19. The quantitative estimate of drug-likeness (QED) is 0.535. The van der Waals surface area contributed by atoms with Crippen molar-refractivity contribution in [1.29, 1.82) is 0 Å². The number of carbonyl (C=O) groups excluding carboxylic acids is 3. The van der Waals surface area contributed by atoms with E-state index in [1.165, 1.54) is 27.2 Å². The Kier molecular flexibility index (Phi) is 6.55. The maximum absolute atomic E-state index is 12.6. The first kappa shape index (κ1) is 20.1. The Morgan fingerprint density at radius 2 is 1.88 bits per heavy atom. The highest BCUT2D eigenvalue weighted by Gasteiger charge is 2.41. The fourth-order valence-electron chi connectivity index (χ4n) is 2.30. The van der Waals surface area contributed by atoms with E-state index in [2.05, 4.69) is 0 Å². The number of ether oxygens (including phenoxy) is 3. The molecule has 0 N–H and O–H groups in total. The molecular formula is C17H18ClNO6S. The molecule has 0 spiro atoms. The molecule has 1 aliphatic heterocycles. The van der Waals surface area contributed by atoms with Crippen molar-refractivity contribution in [3.8, 4) is 11.5 Å². The van der Waals surface area contributed by atoms with Gasteiger partial charge in [-0.1, -0.05) is 11.6 Å². The third kappa shape index (κ3) is 3.96. The second-order valence-electron chi connectivity index (χ2n) is 5.21. The average molecular weight is 400 g/mol. The van der Waals surface area contributed by atoms with Crippen LogP contribution < -0.4 is 9.47 Å². The summed E-state index contributed by atoms with van der Waals surface area (Å²) in [7, 11) is 2.96. The zero-order chi connectivity index (χ0) is 19.4. The Labute approximate surface area is 160 Å². The minimum Gasteiger partial charge on any atom is -0.493 e. The third-order valence-electron chi connectivity index (χ3n) is 3.63. The standard InChI is InChI=1S/C17H18ClNO6S/c1-5-25-16(21)9(2)19-15(20)14(26-17(19)22)7-10-6-12(23-3)13(24-4)8-11(10)18/h6-9H,5H2,1-4H3/b14-7+/t9-/m1/s1. The van der Waals surface area contributed by atoms with E-state index in [0.29, 0.717) is 22.1 Å². The van der Waals surface area contributed by atoms with Gasteiger partial charge >= 0.3 is 5.97 Å². The smallest absolute Gasteiger partial charge is 0.329 e. The summed E-state index contributed by atoms with van der Waals surface area (Å²) in [6.07, 6.45) is 1.48. The van der Waals surface area contributed by atoms with Crippen LogP contribution in [-0.4, -0.2) is 48.9 Å². The SMILES string of the molecule is CCOC(=O)[C@@H](C)N1C(=O)S/C(=C/c2cc(OC)c(OC)cc2Cl)C1=O. The first-order valence-corrected chi connectivity index (χ1v) is 8.88. The number of methoxy groups -OCH3 is 2. The minimum atomic E-state index is -1.01. The van der Waals surface area contributed by atoms with Gasteiger partial charge in [0.05, 0.1) is 30.8 Å². The van der Waals surface area contributed by atoms with Gasteiger partial charge in [-0.05, 0) is 43.3 Å². The zero-order valence-electron chi connectivity index (χ0n) is 14.7. The lowest BCUT2D eigenvalue weighted by atomic mass is 10.1. The molecule has 1 saturated heterocycles. The van der Waals surface area contributed by atoms with E-state index in [0.717, 1.165) is 16.7 Å². The molecule has 1 aromatic carbocycles. The molecule has 9 heteroatoms. The van der Waals surface area contributed by atoms with Gasteiger partial charge in [0.15, 0.2) is 11.5 Å². The van der Waals surface area contributed by atoms with Gasteiger partial charge in [-0.3, -0.25) is 14.5 Å². The summed E-state index contributed by atoms with van der Waals surface area (Å²) in [4.78, 5) is 37.6. The molecule has 7 nitrogen and oxygen atoms in total. The second-order valence-corrected chi connectivity index (χ2v) is 6.61. The van der Waals surface area contributed by atoms with Crippen LogP contribution in [0, 0.1) is 0 Å². The van der Waals surface area contributed by atoms with E-state index in [4.69, 9.17) is 25.8 Å². The van der Waals surface area contributed by atoms with Crippen LogP contribution in [0.25, 0.3) is 6.08 Å². The van der Waals surface area contributed by atoms with Crippen LogP contribution in [0.3, 0.4) is 0 Å². The fourth-order valence-corrected chi connectivity index (χ4v) is 3.41. The molecule has 0 unspecified atom stereocenters. The molecule has 1 aromatic rings. The number of nitrogens with zero attached hydrogens (tertiary/aromatic N) is 1. The molecular weight excluding hydrogens is 382 g/mol. The molecule has 1 aliphatic rings. The Hall–Kier alpha value is -2.19. The lowest BCUT2D eigenvalue weighted by molar-refractivity contribution is -0.150. The number of thioether (sulfide) groups is 1. The molecule has 2 amide bonds. The minimum absolute atomic E-state index is 0.153. The number of carbonyl (C=O) groups is 3. The number of halogens is 1. The van der Waals surface area contributed by atoms with E-state index in [1.54, 1.807) is 19.1 Å². The molecule has 26 heavy (non-hydrogen) atoms. The Morgan fingerprint density at radius 3 is 2.46 bits per heavy atom. The summed E-state index contributed by atoms with van der Waals surface area (Å²) in [5.74, 6) is -0.340. The summed E-state index contributed by atoms with van der Waals surface area (Å²) in [6, 6.07) is 2.15. The van der Waals surface area contributed by atoms with E-state index in [-0.39, 0.29) is 11.5 Å². The van der Waals surface area contributed by atoms with Crippen LogP contribution in [0.15, 0.2) is 17.0 Å². The van der Waals surface area contributed by atoms with Crippen LogP contribution in [-0.2, 0) is 14.3 Å². The van der Waals surface area contributed by atoms with Crippen LogP contribution in [0.1, 0.15) is 19.4 Å². The number of esters is 1. The van der Waals surface area contributed by atoms with Crippen molar-refractivity contribution in [2.75, 3.05) is 20.8 Å². The summed E-state index contributed by atoms with van der Waals surface area (Å²) >= 11 is 6.95. The third-order valence-corrected chi connectivity index (χ3v) is 4.84. The second kappa shape index (κ2) is 8.46. The van der Waals surface area contributed by atoms with Crippen molar-refractivity contribution in [3.05, 3.63) is 27.6 Å². The monoisotopic (exact) mass is 399 g/mol. The predicted octanol–water partition coefficient (Wildman–Crippen LogP) is 3.35. The van der Waals surface area contributed by atoms with Gasteiger partial charge in [0.1, 0.15) is 6.04 Å². The first-order chi connectivity index (χ1) is 12.3. The first-order valence-electron chi connectivity index (χ1n) is 7.69. The number of hydrogen-bond donors (Lipinski definition) is 0. The maximum Gasteiger partial charge on any atom is 0.329 e. The largest absolute Gasteiger partial charge is 0.493 e. The summed E-state index contributed by atoms with van der Waals surface area (Å²) in [5, 5.41) is -0.216. The molecule has 0 aromatic heterocycles. The molecule has 0 radical (unpaired) electrons. The van der Waals surface area contributed by atoms with Crippen LogP contribution in [0.5, 0.6) is 11.5 Å². The summed E-state index contributed by atoms with van der Waals surface area (Å²) < 4.78 is 15.3. The highest BCUT2D eigenvalue weighted by molar-refractivity contribution is 8.18. The summed E-state index contributed by atoms with van der Waals surface area (Å²) in [6.45, 7) is 3.26. The molecule has 0 bridgehead atoms. The number of rotatable bonds is 6. The van der Waals surface area contributed by atoms with Crippen molar-refractivity contribution < 1.29 is 28.6 Å². The van der Waals surface area contributed by atoms with Crippen molar-refractivity contribution >= 4 is 46.6 Å². The molecule has 0 saturated carbocycles. The predicted molar refractivity (Wildman–Crippen MR) is 98.5 cm³/mol. The topological polar surface area (TPSA) is 82.1 Å². The molecule has 1 atom stereocenters. The summed E-state index contributed by atoms with van der Waals surface area (Å²) in [5.41, 5.74) is 0.485. The lowest BCUT2D eigenvalue weighted by Crippen LogP contribution is -2.42. The van der Waals surface area contributed by atoms with Crippen molar-refractivity contribution in [1.82, 2.24) is 4.90 Å². The van der Waals surface area contributed by atoms with Gasteiger partial charge in [0.25, 0.3) is 11.1 Å². The number of benzene rings is 1. The molecule has 1 heterocycles. The van der Waals surface area contributed by atoms with Gasteiger partial charge in [-0.15, -0.1) is 0 Å². The van der Waals surface area contributed by atoms with E-state index in [9.17, 15) is 14.4 Å². The maximum atomic E-state index is 12.6. The van der Waals surface area contributed by atoms with Crippen LogP contribution in [0.2, 0.25) is 5.02 Å². The van der Waals surface area contributed by atoms with E-state index < -0.39 is 23.2 Å². The Bertz CT molecular complexity index is 779. The Balaban J connectivity index is 2.34. The fraction of sp³-hybridized carbons (Fsp3) is 0.353. The number of hydrogen-bond acceptors (Lipinski definition) is 7. The van der Waals surface area contributed by atoms with Gasteiger partial charge < -0.3 is 14.2 Å². The highest BCUT2D eigenvalue weighted by atomic mass is 35.5. The van der Waals surface area contributed by atoms with Crippen LogP contribution >= 0.6 is 23.4 Å². The van der Waals surface area contributed by atoms with Gasteiger partial charge in [0, 0.05) is 6.07 Å². The molecule has 2 rings (SSSR count). The normalized spacial score (nSPS) is 16.8. The molecule has 140 valence electrons. The van der Waals surface area contributed by atoms with Crippen LogP contribution in [0.4, 0.5) is 4.79 Å². The van der Waals surface area contributed by atoms with Crippen molar-refractivity contribution in [2.24, 2.45) is 0 Å². The number of amides is 2. The highest BCUT2D eigenvalue weighted by Crippen LogP contribution is 2.38. The van der Waals surface area contributed by atoms with Crippen molar-refractivity contribution in [2.45, 2.75) is 19.9 Å². The van der Waals surface area contributed by atoms with E-state index in [1.807, 2.05) is 0 Å². The van der Waals surface area contributed by atoms with Crippen molar-refractivity contribution in [3.63, 3.8) is 0 Å².